The van der Waals surface area contributed by atoms with Gasteiger partial charge in [-0.05, 0) is 0 Å². The monoisotopic (exact) mass is 396 g/mol. The maximum absolute atomic E-state index is 7.62. The van der Waals surface area contributed by atoms with Gasteiger partial charge in [-0.1, -0.05) is 0 Å². The van der Waals surface area contributed by atoms with Crippen LogP contribution in [-0.2, 0) is 6.16 Å². The molecule has 0 aromatic heterocycles. The Bertz CT molecular complexity index is 463. The number of hydrogen-bond donors (Lipinski definition) is 0. The van der Waals surface area contributed by atoms with E-state index in [4.69, 9.17) is 34.4 Å². The van der Waals surface area contributed by atoms with E-state index in [-0.39, 0.29) is 0 Å². The van der Waals surface area contributed by atoms with E-state index in [1.165, 1.54) is 62.6 Å². The molecule has 0 aliphatic carbocycles. The minimum absolute atomic E-state index is 0.626. The molecule has 4 heteroatoms. The van der Waals surface area contributed by atoms with Crippen LogP contribution in [-0.4, -0.2) is 18.5 Å². The van der Waals surface area contributed by atoms with Crippen molar-refractivity contribution >= 4 is 40.4 Å². The van der Waals surface area contributed by atoms with E-state index in [0.29, 0.717) is 10.0 Å². The molecular weight excluding hydrogens is 366 g/mol. The Morgan fingerprint density at radius 2 is 1.26 bits per heavy atom. The molecular formula is C19H32Cl3P. The summed E-state index contributed by atoms with van der Waals surface area (Å²) < 4.78 is 0. The predicted molar refractivity (Wildman–Crippen MR) is 112 cm³/mol. The van der Waals surface area contributed by atoms with Gasteiger partial charge in [-0.2, -0.15) is 0 Å². The van der Waals surface area contributed by atoms with Crippen LogP contribution in [0.3, 0.4) is 0 Å². The third kappa shape index (κ3) is 6.74. The summed E-state index contributed by atoms with van der Waals surface area (Å²) in [7, 11) is 0. The van der Waals surface area contributed by atoms with Gasteiger partial charge in [0.1, 0.15) is 0 Å². The number of rotatable bonds is 11. The van der Waals surface area contributed by atoms with E-state index >= 15 is 0 Å². The van der Waals surface area contributed by atoms with Gasteiger partial charge in [0, 0.05) is 0 Å². The summed E-state index contributed by atoms with van der Waals surface area (Å²) in [5, 5.41) is 1.27. The zero-order valence-corrected chi connectivity index (χ0v) is 18.0. The van der Waals surface area contributed by atoms with Crippen LogP contribution in [0.15, 0.2) is 18.2 Å². The van der Waals surface area contributed by atoms with E-state index in [1.807, 2.05) is 12.1 Å². The summed E-state index contributed by atoms with van der Waals surface area (Å²) >= 11 is 19.9. The molecule has 1 aromatic carbocycles. The molecule has 0 atom stereocenters. The molecule has 0 amide bonds. The van der Waals surface area contributed by atoms with E-state index in [1.54, 1.807) is 0 Å². The third-order valence-corrected chi connectivity index (χ3v) is 12.8. The van der Waals surface area contributed by atoms with Crippen molar-refractivity contribution in [2.45, 2.75) is 65.5 Å². The fourth-order valence-corrected chi connectivity index (χ4v) is 10.7. The molecule has 0 heterocycles. The molecule has 0 N–H and O–H groups in total. The Hall–Kier alpha value is 0.520. The van der Waals surface area contributed by atoms with Crippen LogP contribution in [0.2, 0.25) is 10.0 Å². The molecule has 0 aliphatic heterocycles. The molecule has 0 unspecified atom stereocenters. The zero-order valence-electron chi connectivity index (χ0n) is 14.9. The van der Waals surface area contributed by atoms with Crippen LogP contribution in [0.4, 0.5) is 0 Å². The molecule has 1 rings (SSSR count). The quantitative estimate of drug-likeness (QED) is 0.328. The van der Waals surface area contributed by atoms with Crippen molar-refractivity contribution in [2.24, 2.45) is 0 Å². The molecule has 0 radical (unpaired) electrons. The minimum atomic E-state index is -2.26. The number of benzene rings is 1. The Morgan fingerprint density at radius 1 is 0.783 bits per heavy atom. The Balaban J connectivity index is 3.13. The summed E-state index contributed by atoms with van der Waals surface area (Å²) in [4.78, 5) is 0. The van der Waals surface area contributed by atoms with Gasteiger partial charge in [0.05, 0.1) is 0 Å². The average molecular weight is 398 g/mol. The van der Waals surface area contributed by atoms with Crippen LogP contribution < -0.4 is 0 Å². The van der Waals surface area contributed by atoms with Crippen molar-refractivity contribution in [3.05, 3.63) is 33.8 Å². The van der Waals surface area contributed by atoms with Gasteiger partial charge in [-0.15, -0.1) is 0 Å². The molecule has 0 nitrogen and oxygen atoms in total. The zero-order chi connectivity index (χ0) is 17.4. The third-order valence-electron chi connectivity index (χ3n) is 4.77. The fourth-order valence-electron chi connectivity index (χ4n) is 3.33. The second-order valence-corrected chi connectivity index (χ2v) is 15.9. The second-order valence-electron chi connectivity index (χ2n) is 6.96. The van der Waals surface area contributed by atoms with Crippen molar-refractivity contribution < 1.29 is 0 Å². The van der Waals surface area contributed by atoms with E-state index in [2.05, 4.69) is 26.8 Å². The van der Waals surface area contributed by atoms with Crippen molar-refractivity contribution in [2.75, 3.05) is 18.5 Å². The first kappa shape index (κ1) is 21.6. The Kier molecular flexibility index (Phi) is 9.25. The molecule has 0 saturated carbocycles. The van der Waals surface area contributed by atoms with Crippen LogP contribution in [0.1, 0.15) is 64.9 Å². The molecule has 0 saturated heterocycles. The molecule has 0 fully saturated rings. The SMILES string of the molecule is CCCCP(Cl)(CCCC)(CCCC)Cc1ccc(Cl)c(Cl)c1. The van der Waals surface area contributed by atoms with Gasteiger partial charge in [0.25, 0.3) is 0 Å². The normalized spacial score (nSPS) is 13.7. The standard InChI is InChI=1S/C19H32Cl3P/c1-4-7-12-23(22,13-8-5-2,14-9-6-3)16-17-10-11-18(20)19(21)15-17/h10-11,15H,4-9,12-14,16H2,1-3H3. The first-order valence-corrected chi connectivity index (χ1v) is 13.7. The van der Waals surface area contributed by atoms with Crippen LogP contribution >= 0.6 is 40.4 Å². The van der Waals surface area contributed by atoms with Crippen molar-refractivity contribution in [1.29, 1.82) is 0 Å². The van der Waals surface area contributed by atoms with E-state index in [9.17, 15) is 0 Å². The number of hydrogen-bond acceptors (Lipinski definition) is 0. The second kappa shape index (κ2) is 9.86. The molecule has 0 bridgehead atoms. The fraction of sp³-hybridized carbons (Fsp3) is 0.684. The van der Waals surface area contributed by atoms with E-state index in [0.717, 1.165) is 6.16 Å². The van der Waals surface area contributed by atoms with Crippen molar-refractivity contribution in [3.8, 4) is 0 Å². The predicted octanol–water partition coefficient (Wildman–Crippen LogP) is 8.60. The van der Waals surface area contributed by atoms with Gasteiger partial charge < -0.3 is 0 Å². The summed E-state index contributed by atoms with van der Waals surface area (Å²) in [5.41, 5.74) is 1.26. The first-order chi connectivity index (χ1) is 10.9. The summed E-state index contributed by atoms with van der Waals surface area (Å²) in [6.45, 7) is 6.78. The van der Waals surface area contributed by atoms with Crippen molar-refractivity contribution in [1.82, 2.24) is 0 Å². The van der Waals surface area contributed by atoms with Crippen LogP contribution in [0.25, 0.3) is 0 Å². The number of halogens is 3. The van der Waals surface area contributed by atoms with Gasteiger partial charge in [-0.25, -0.2) is 0 Å². The van der Waals surface area contributed by atoms with Gasteiger partial charge in [0.15, 0.2) is 0 Å². The Labute approximate surface area is 158 Å². The summed E-state index contributed by atoms with van der Waals surface area (Å²) in [6.07, 6.45) is 11.9. The van der Waals surface area contributed by atoms with Gasteiger partial charge in [0.2, 0.25) is 0 Å². The Morgan fingerprint density at radius 3 is 1.65 bits per heavy atom. The molecule has 134 valence electrons. The van der Waals surface area contributed by atoms with E-state index < -0.39 is 5.96 Å². The molecule has 0 aliphatic rings. The topological polar surface area (TPSA) is 0 Å². The maximum atomic E-state index is 7.62. The number of unbranched alkanes of at least 4 members (excludes halogenated alkanes) is 3. The van der Waals surface area contributed by atoms with Crippen LogP contribution in [0, 0.1) is 0 Å². The van der Waals surface area contributed by atoms with Crippen molar-refractivity contribution in [3.63, 3.8) is 0 Å². The molecule has 1 aromatic rings. The van der Waals surface area contributed by atoms with Crippen LogP contribution in [0.5, 0.6) is 0 Å². The molecule has 23 heavy (non-hydrogen) atoms. The summed E-state index contributed by atoms with van der Waals surface area (Å²) in [5.74, 6) is -2.26. The summed E-state index contributed by atoms with van der Waals surface area (Å²) in [6, 6.07) is 6.05. The molecule has 0 spiro atoms. The van der Waals surface area contributed by atoms with Gasteiger partial charge in [-0.3, -0.25) is 0 Å². The first-order valence-electron chi connectivity index (χ1n) is 9.02. The average Bonchev–Trinajstić information content (AvgIpc) is 2.53. The van der Waals surface area contributed by atoms with Gasteiger partial charge >= 0.3 is 158 Å².